The summed E-state index contributed by atoms with van der Waals surface area (Å²) in [5, 5.41) is 1.01. The third kappa shape index (κ3) is 5.02. The van der Waals surface area contributed by atoms with Crippen molar-refractivity contribution in [2.45, 2.75) is 33.9 Å². The van der Waals surface area contributed by atoms with Crippen molar-refractivity contribution < 1.29 is 4.79 Å². The fourth-order valence-electron chi connectivity index (χ4n) is 4.51. The fourth-order valence-corrected chi connectivity index (χ4v) is 4.51. The van der Waals surface area contributed by atoms with Crippen molar-refractivity contribution in [1.29, 1.82) is 0 Å². The maximum absolute atomic E-state index is 14.0. The molecule has 0 bridgehead atoms. The van der Waals surface area contributed by atoms with Gasteiger partial charge in [-0.2, -0.15) is 0 Å². The first-order valence-electron chi connectivity index (χ1n) is 12.2. The van der Waals surface area contributed by atoms with Gasteiger partial charge in [-0.05, 0) is 37.6 Å². The molecule has 3 aromatic carbocycles. The van der Waals surface area contributed by atoms with E-state index in [1.807, 2.05) is 61.2 Å². The van der Waals surface area contributed by atoms with E-state index < -0.39 is 0 Å². The van der Waals surface area contributed by atoms with Crippen LogP contribution >= 0.6 is 0 Å². The van der Waals surface area contributed by atoms with E-state index in [0.29, 0.717) is 19.6 Å². The highest BCUT2D eigenvalue weighted by atomic mass is 16.2. The third-order valence-corrected chi connectivity index (χ3v) is 6.36. The minimum absolute atomic E-state index is 0.0490. The Bertz CT molecular complexity index is 1230. The van der Waals surface area contributed by atoms with Crippen LogP contribution < -0.4 is 0 Å². The van der Waals surface area contributed by atoms with Gasteiger partial charge in [-0.1, -0.05) is 85.8 Å². The highest BCUT2D eigenvalue weighted by Crippen LogP contribution is 2.34. The van der Waals surface area contributed by atoms with Crippen molar-refractivity contribution in [1.82, 2.24) is 14.8 Å². The second-order valence-corrected chi connectivity index (χ2v) is 8.46. The number of aromatic nitrogens is 1. The van der Waals surface area contributed by atoms with Gasteiger partial charge in [-0.15, -0.1) is 0 Å². The molecule has 1 heterocycles. The van der Waals surface area contributed by atoms with Gasteiger partial charge in [0.2, 0.25) is 0 Å². The summed E-state index contributed by atoms with van der Waals surface area (Å²) >= 11 is 0. The Balaban J connectivity index is 1.91. The smallest absolute Gasteiger partial charge is 0.256 e. The Kier molecular flexibility index (Phi) is 7.71. The largest absolute Gasteiger partial charge is 0.339 e. The SMILES string of the molecule is CCN(Cc1ccccc1)Cc1nc2ccccc2c(-c2ccccc2)c1C(=O)N(CC)CC. The summed E-state index contributed by atoms with van der Waals surface area (Å²) < 4.78 is 0. The first kappa shape index (κ1) is 23.7. The number of carbonyl (C=O) groups is 1. The Morgan fingerprint density at radius 3 is 2.00 bits per heavy atom. The van der Waals surface area contributed by atoms with Gasteiger partial charge in [-0.25, -0.2) is 0 Å². The lowest BCUT2D eigenvalue weighted by Crippen LogP contribution is -2.33. The van der Waals surface area contributed by atoms with Crippen LogP contribution in [0.5, 0.6) is 0 Å². The molecule has 34 heavy (non-hydrogen) atoms. The van der Waals surface area contributed by atoms with E-state index in [-0.39, 0.29) is 5.91 Å². The van der Waals surface area contributed by atoms with E-state index in [9.17, 15) is 4.79 Å². The molecule has 4 heteroatoms. The van der Waals surface area contributed by atoms with Crippen LogP contribution in [0, 0.1) is 0 Å². The van der Waals surface area contributed by atoms with Gasteiger partial charge < -0.3 is 4.90 Å². The van der Waals surface area contributed by atoms with Crippen LogP contribution in [0.1, 0.15) is 42.4 Å². The molecule has 0 radical (unpaired) electrons. The van der Waals surface area contributed by atoms with E-state index >= 15 is 0 Å². The summed E-state index contributed by atoms with van der Waals surface area (Å²) in [5.41, 5.74) is 5.76. The predicted molar refractivity (Wildman–Crippen MR) is 141 cm³/mol. The van der Waals surface area contributed by atoms with Crippen molar-refractivity contribution in [3.8, 4) is 11.1 Å². The second-order valence-electron chi connectivity index (χ2n) is 8.46. The van der Waals surface area contributed by atoms with Crippen LogP contribution in [0.15, 0.2) is 84.9 Å². The minimum Gasteiger partial charge on any atom is -0.339 e. The molecule has 0 aliphatic rings. The zero-order valence-electron chi connectivity index (χ0n) is 20.4. The number of hydrogen-bond donors (Lipinski definition) is 0. The lowest BCUT2D eigenvalue weighted by molar-refractivity contribution is 0.0771. The van der Waals surface area contributed by atoms with Crippen molar-refractivity contribution in [3.05, 3.63) is 102 Å². The Morgan fingerprint density at radius 1 is 0.735 bits per heavy atom. The quantitative estimate of drug-likeness (QED) is 0.295. The number of nitrogens with zero attached hydrogens (tertiary/aromatic N) is 3. The van der Waals surface area contributed by atoms with Crippen molar-refractivity contribution in [2.24, 2.45) is 0 Å². The van der Waals surface area contributed by atoms with Crippen LogP contribution in [0.2, 0.25) is 0 Å². The molecular formula is C30H33N3O. The van der Waals surface area contributed by atoms with Gasteiger partial charge in [0.05, 0.1) is 16.8 Å². The maximum atomic E-state index is 14.0. The molecule has 174 valence electrons. The number of pyridine rings is 1. The minimum atomic E-state index is 0.0490. The first-order valence-corrected chi connectivity index (χ1v) is 12.2. The van der Waals surface area contributed by atoms with E-state index in [1.165, 1.54) is 5.56 Å². The third-order valence-electron chi connectivity index (χ3n) is 6.36. The number of benzene rings is 3. The van der Waals surface area contributed by atoms with Gasteiger partial charge in [0.1, 0.15) is 0 Å². The van der Waals surface area contributed by atoms with Crippen LogP contribution in [0.25, 0.3) is 22.0 Å². The standard InChI is InChI=1S/C30H33N3O/c1-4-32(21-23-15-9-7-10-16-23)22-27-29(30(34)33(5-2)6-3)28(24-17-11-8-12-18-24)25-19-13-14-20-26(25)31-27/h7-20H,4-6,21-22H2,1-3H3. The van der Waals surface area contributed by atoms with Gasteiger partial charge in [0.25, 0.3) is 5.91 Å². The molecule has 0 aliphatic heterocycles. The zero-order chi connectivity index (χ0) is 23.9. The van der Waals surface area contributed by atoms with Gasteiger partial charge in [0.15, 0.2) is 0 Å². The summed E-state index contributed by atoms with van der Waals surface area (Å²) in [6.45, 7) is 9.84. The van der Waals surface area contributed by atoms with Crippen LogP contribution in [-0.4, -0.2) is 40.3 Å². The molecule has 4 aromatic rings. The second kappa shape index (κ2) is 11.1. The van der Waals surface area contributed by atoms with E-state index in [1.54, 1.807) is 0 Å². The molecule has 0 saturated carbocycles. The maximum Gasteiger partial charge on any atom is 0.256 e. The molecule has 1 aromatic heterocycles. The van der Waals surface area contributed by atoms with Crippen LogP contribution in [-0.2, 0) is 13.1 Å². The average molecular weight is 452 g/mol. The number of carbonyl (C=O) groups excluding carboxylic acids is 1. The van der Waals surface area contributed by atoms with Crippen molar-refractivity contribution in [3.63, 3.8) is 0 Å². The summed E-state index contributed by atoms with van der Waals surface area (Å²) in [7, 11) is 0. The lowest BCUT2D eigenvalue weighted by atomic mass is 9.93. The van der Waals surface area contributed by atoms with Crippen molar-refractivity contribution in [2.75, 3.05) is 19.6 Å². The molecule has 0 aliphatic carbocycles. The Hall–Kier alpha value is -3.50. The average Bonchev–Trinajstić information content (AvgIpc) is 2.89. The predicted octanol–water partition coefficient (Wildman–Crippen LogP) is 6.41. The monoisotopic (exact) mass is 451 g/mol. The molecule has 1 amide bonds. The van der Waals surface area contributed by atoms with E-state index in [4.69, 9.17) is 4.98 Å². The molecule has 0 fully saturated rings. The summed E-state index contributed by atoms with van der Waals surface area (Å²) in [4.78, 5) is 23.3. The van der Waals surface area contributed by atoms with Crippen molar-refractivity contribution >= 4 is 16.8 Å². The Labute approximate surface area is 202 Å². The number of hydrogen-bond acceptors (Lipinski definition) is 3. The number of fused-ring (bicyclic) bond motifs is 1. The Morgan fingerprint density at radius 2 is 1.35 bits per heavy atom. The summed E-state index contributed by atoms with van der Waals surface area (Å²) in [5.74, 6) is 0.0490. The highest BCUT2D eigenvalue weighted by molar-refractivity contribution is 6.09. The van der Waals surface area contributed by atoms with Gasteiger partial charge in [-0.3, -0.25) is 14.7 Å². The van der Waals surface area contributed by atoms with E-state index in [0.717, 1.165) is 46.4 Å². The van der Waals surface area contributed by atoms with Gasteiger partial charge in [0, 0.05) is 37.1 Å². The molecule has 0 spiro atoms. The first-order chi connectivity index (χ1) is 16.7. The van der Waals surface area contributed by atoms with Crippen LogP contribution in [0.3, 0.4) is 0 Å². The molecule has 4 nitrogen and oxygen atoms in total. The highest BCUT2D eigenvalue weighted by Gasteiger charge is 2.26. The number of rotatable bonds is 9. The molecule has 0 saturated heterocycles. The molecule has 4 rings (SSSR count). The van der Waals surface area contributed by atoms with Gasteiger partial charge >= 0.3 is 0 Å². The summed E-state index contributed by atoms with van der Waals surface area (Å²) in [6, 6.07) is 28.9. The lowest BCUT2D eigenvalue weighted by Gasteiger charge is -2.26. The summed E-state index contributed by atoms with van der Waals surface area (Å²) in [6.07, 6.45) is 0. The molecule has 0 N–H and O–H groups in total. The molecular weight excluding hydrogens is 418 g/mol. The fraction of sp³-hybridized carbons (Fsp3) is 0.267. The van der Waals surface area contributed by atoms with E-state index in [2.05, 4.69) is 54.3 Å². The topological polar surface area (TPSA) is 36.4 Å². The normalized spacial score (nSPS) is 11.2. The number of para-hydroxylation sites is 1. The zero-order valence-corrected chi connectivity index (χ0v) is 20.4. The van der Waals surface area contributed by atoms with Crippen LogP contribution in [0.4, 0.5) is 0 Å². The number of amides is 1. The molecule has 0 atom stereocenters. The molecule has 0 unspecified atom stereocenters.